The maximum Gasteiger partial charge on any atom is 0.242 e. The summed E-state index contributed by atoms with van der Waals surface area (Å²) in [7, 11) is 1.81. The number of carbonyl (C=O) groups excluding carboxylic acids is 1. The highest BCUT2D eigenvalue weighted by Crippen LogP contribution is 2.09. The number of nitrogens with zero attached hydrogens (tertiary/aromatic N) is 2. The molecule has 0 unspecified atom stereocenters. The zero-order chi connectivity index (χ0) is 13.0. The van der Waals surface area contributed by atoms with E-state index in [1.807, 2.05) is 26.1 Å². The maximum atomic E-state index is 12.3. The average Bonchev–Trinajstić information content (AvgIpc) is 2.39. The third-order valence-electron chi connectivity index (χ3n) is 3.13. The lowest BCUT2D eigenvalue weighted by atomic mass is 10.1. The van der Waals surface area contributed by atoms with Crippen LogP contribution in [0, 0.1) is 0 Å². The summed E-state index contributed by atoms with van der Waals surface area (Å²) < 4.78 is 5.49. The van der Waals surface area contributed by atoms with E-state index in [9.17, 15) is 4.79 Å². The van der Waals surface area contributed by atoms with Gasteiger partial charge >= 0.3 is 0 Å². The minimum absolute atomic E-state index is 0. The number of amides is 1. The Bertz CT molecular complexity index is 406. The van der Waals surface area contributed by atoms with Crippen molar-refractivity contribution in [3.8, 4) is 0 Å². The third-order valence-corrected chi connectivity index (χ3v) is 3.13. The van der Waals surface area contributed by atoms with Crippen LogP contribution in [0.2, 0.25) is 0 Å². The van der Waals surface area contributed by atoms with E-state index in [1.165, 1.54) is 0 Å². The number of carbonyl (C=O) groups is 1. The minimum Gasteiger partial charge on any atom is -0.375 e. The molecule has 20 heavy (non-hydrogen) atoms. The highest BCUT2D eigenvalue weighted by Gasteiger charge is 2.30. The number of hydrogen-bond acceptors (Lipinski definition) is 4. The molecule has 114 valence electrons. The Morgan fingerprint density at radius 1 is 1.45 bits per heavy atom. The molecule has 7 heteroatoms. The SMILES string of the molecule is C[C@H]1OCCN[C@@H]1C(=O)N(C)Cc1ccncc1.Cl.Cl. The predicted octanol–water partition coefficient (Wildman–Crippen LogP) is 1.26. The molecule has 1 amide bonds. The standard InChI is InChI=1S/C13H19N3O2.2ClH/c1-10-12(15-7-8-18-10)13(17)16(2)9-11-3-5-14-6-4-11;;/h3-6,10,12,15H,7-9H2,1-2H3;2*1H/t10-,12+;;/m1../s1. The molecule has 5 nitrogen and oxygen atoms in total. The summed E-state index contributed by atoms with van der Waals surface area (Å²) in [5.41, 5.74) is 1.07. The van der Waals surface area contributed by atoms with Crippen molar-refractivity contribution in [2.24, 2.45) is 0 Å². The first-order chi connectivity index (χ1) is 8.68. The number of likely N-dealkylation sites (N-methyl/N-ethyl adjacent to an activating group) is 1. The number of pyridine rings is 1. The largest absolute Gasteiger partial charge is 0.375 e. The molecule has 1 fully saturated rings. The highest BCUT2D eigenvalue weighted by molar-refractivity contribution is 5.85. The van der Waals surface area contributed by atoms with E-state index in [4.69, 9.17) is 4.74 Å². The van der Waals surface area contributed by atoms with Crippen molar-refractivity contribution in [3.63, 3.8) is 0 Å². The smallest absolute Gasteiger partial charge is 0.242 e. The van der Waals surface area contributed by atoms with Gasteiger partial charge in [-0.2, -0.15) is 0 Å². The van der Waals surface area contributed by atoms with Gasteiger partial charge in [0.2, 0.25) is 5.91 Å². The summed E-state index contributed by atoms with van der Waals surface area (Å²) in [5, 5.41) is 3.21. The molecule has 2 atom stereocenters. The highest BCUT2D eigenvalue weighted by atomic mass is 35.5. The molecule has 0 aromatic carbocycles. The van der Waals surface area contributed by atoms with E-state index in [0.717, 1.165) is 12.1 Å². The fourth-order valence-electron chi connectivity index (χ4n) is 2.09. The number of halogens is 2. The Hall–Kier alpha value is -0.880. The van der Waals surface area contributed by atoms with Crippen molar-refractivity contribution >= 4 is 30.7 Å². The monoisotopic (exact) mass is 321 g/mol. The second-order valence-corrected chi connectivity index (χ2v) is 4.56. The first-order valence-electron chi connectivity index (χ1n) is 6.17. The number of morpholine rings is 1. The number of ether oxygens (including phenoxy) is 1. The van der Waals surface area contributed by atoms with Gasteiger partial charge in [0, 0.05) is 32.5 Å². The molecule has 1 saturated heterocycles. The van der Waals surface area contributed by atoms with Gasteiger partial charge in [-0.3, -0.25) is 9.78 Å². The molecule has 1 aromatic heterocycles. The van der Waals surface area contributed by atoms with E-state index >= 15 is 0 Å². The van der Waals surface area contributed by atoms with Gasteiger partial charge in [-0.15, -0.1) is 24.8 Å². The van der Waals surface area contributed by atoms with E-state index in [0.29, 0.717) is 13.2 Å². The lowest BCUT2D eigenvalue weighted by Gasteiger charge is -2.32. The van der Waals surface area contributed by atoms with Crippen LogP contribution in [0.4, 0.5) is 0 Å². The van der Waals surface area contributed by atoms with Crippen LogP contribution in [-0.2, 0) is 16.1 Å². The second kappa shape index (κ2) is 9.13. The Kier molecular flexibility index (Phi) is 8.73. The van der Waals surface area contributed by atoms with Crippen LogP contribution < -0.4 is 5.32 Å². The second-order valence-electron chi connectivity index (χ2n) is 4.56. The van der Waals surface area contributed by atoms with Crippen molar-refractivity contribution in [3.05, 3.63) is 30.1 Å². The minimum atomic E-state index is -0.245. The molecule has 0 aliphatic carbocycles. The molecule has 1 aliphatic rings. The number of aromatic nitrogens is 1. The van der Waals surface area contributed by atoms with Crippen LogP contribution in [0.25, 0.3) is 0 Å². The predicted molar refractivity (Wildman–Crippen MR) is 82.4 cm³/mol. The lowest BCUT2D eigenvalue weighted by molar-refractivity contribution is -0.138. The summed E-state index contributed by atoms with van der Waals surface area (Å²) >= 11 is 0. The van der Waals surface area contributed by atoms with Crippen molar-refractivity contribution in [1.29, 1.82) is 0 Å². The van der Waals surface area contributed by atoms with Crippen molar-refractivity contribution in [2.75, 3.05) is 20.2 Å². The summed E-state index contributed by atoms with van der Waals surface area (Å²) in [6.07, 6.45) is 3.39. The van der Waals surface area contributed by atoms with Gasteiger partial charge in [0.1, 0.15) is 6.04 Å². The normalized spacial score (nSPS) is 21.3. The van der Waals surface area contributed by atoms with Crippen LogP contribution >= 0.6 is 24.8 Å². The van der Waals surface area contributed by atoms with Gasteiger partial charge in [-0.1, -0.05) is 0 Å². The van der Waals surface area contributed by atoms with E-state index < -0.39 is 0 Å². The average molecular weight is 322 g/mol. The maximum absolute atomic E-state index is 12.3. The molecule has 1 N–H and O–H groups in total. The zero-order valence-corrected chi connectivity index (χ0v) is 13.2. The number of rotatable bonds is 3. The van der Waals surface area contributed by atoms with Gasteiger partial charge in [-0.25, -0.2) is 0 Å². The van der Waals surface area contributed by atoms with Crippen molar-refractivity contribution in [2.45, 2.75) is 25.6 Å². The molecule has 1 aromatic rings. The lowest BCUT2D eigenvalue weighted by Crippen LogP contribution is -2.55. The van der Waals surface area contributed by atoms with E-state index in [-0.39, 0.29) is 42.9 Å². The van der Waals surface area contributed by atoms with Crippen LogP contribution in [-0.4, -0.2) is 48.1 Å². The summed E-state index contributed by atoms with van der Waals surface area (Å²) in [5.74, 6) is 0.0685. The molecule has 0 spiro atoms. The molecule has 1 aliphatic heterocycles. The summed E-state index contributed by atoms with van der Waals surface area (Å²) in [6, 6.07) is 3.58. The number of nitrogens with one attached hydrogen (secondary N) is 1. The summed E-state index contributed by atoms with van der Waals surface area (Å²) in [6.45, 7) is 3.91. The van der Waals surface area contributed by atoms with Crippen LogP contribution in [0.1, 0.15) is 12.5 Å². The molecule has 0 radical (unpaired) electrons. The molecule has 0 saturated carbocycles. The van der Waals surface area contributed by atoms with Crippen LogP contribution in [0.15, 0.2) is 24.5 Å². The summed E-state index contributed by atoms with van der Waals surface area (Å²) in [4.78, 5) is 18.0. The Balaban J connectivity index is 0.00000180. The first-order valence-corrected chi connectivity index (χ1v) is 6.17. The van der Waals surface area contributed by atoms with Gasteiger partial charge in [0.05, 0.1) is 12.7 Å². The molecule has 2 rings (SSSR count). The Labute approximate surface area is 131 Å². The Morgan fingerprint density at radius 2 is 2.10 bits per heavy atom. The van der Waals surface area contributed by atoms with Crippen LogP contribution in [0.5, 0.6) is 0 Å². The molecule has 0 bridgehead atoms. The van der Waals surface area contributed by atoms with Crippen molar-refractivity contribution < 1.29 is 9.53 Å². The topological polar surface area (TPSA) is 54.5 Å². The quantitative estimate of drug-likeness (QED) is 0.910. The molecule has 2 heterocycles. The van der Waals surface area contributed by atoms with Crippen molar-refractivity contribution in [1.82, 2.24) is 15.2 Å². The fourth-order valence-corrected chi connectivity index (χ4v) is 2.09. The molecular formula is C13H21Cl2N3O2. The van der Waals surface area contributed by atoms with Gasteiger partial charge in [0.25, 0.3) is 0 Å². The van der Waals surface area contributed by atoms with Gasteiger partial charge < -0.3 is 15.0 Å². The number of hydrogen-bond donors (Lipinski definition) is 1. The third kappa shape index (κ3) is 4.90. The zero-order valence-electron chi connectivity index (χ0n) is 11.6. The van der Waals surface area contributed by atoms with Crippen LogP contribution in [0.3, 0.4) is 0 Å². The van der Waals surface area contributed by atoms with Gasteiger partial charge in [-0.05, 0) is 24.6 Å². The fraction of sp³-hybridized carbons (Fsp3) is 0.538. The van der Waals surface area contributed by atoms with E-state index in [2.05, 4.69) is 10.3 Å². The molecular weight excluding hydrogens is 301 g/mol. The Morgan fingerprint density at radius 3 is 2.70 bits per heavy atom. The van der Waals surface area contributed by atoms with Gasteiger partial charge in [0.15, 0.2) is 0 Å². The first kappa shape index (κ1) is 19.1. The van der Waals surface area contributed by atoms with E-state index in [1.54, 1.807) is 17.3 Å².